The molecule has 0 saturated heterocycles. The minimum absolute atomic E-state index is 0.0821. The summed E-state index contributed by atoms with van der Waals surface area (Å²) in [5.41, 5.74) is 5.80. The largest absolute Gasteiger partial charge is 0.493 e. The molecule has 0 fully saturated rings. The van der Waals surface area contributed by atoms with Crippen LogP contribution in [0.4, 0.5) is 3.89 Å². The van der Waals surface area contributed by atoms with Crippen molar-refractivity contribution in [2.45, 2.75) is 31.1 Å². The lowest BCUT2D eigenvalue weighted by molar-refractivity contribution is -0.118. The Hall–Kier alpha value is -1.43. The molecule has 2 atom stereocenters. The summed E-state index contributed by atoms with van der Waals surface area (Å²) < 4.78 is 28.6. The molecular formula is C12H16FNO3S. The Morgan fingerprint density at radius 3 is 2.78 bits per heavy atom. The second-order valence-electron chi connectivity index (χ2n) is 3.60. The van der Waals surface area contributed by atoms with E-state index < -0.39 is 17.1 Å². The fourth-order valence-electron chi connectivity index (χ4n) is 1.77. The van der Waals surface area contributed by atoms with Gasteiger partial charge in [0.15, 0.2) is 0 Å². The molecule has 4 nitrogen and oxygen atoms in total. The highest BCUT2D eigenvalue weighted by Gasteiger charge is 2.26. The molecule has 2 unspecified atom stereocenters. The molecule has 2 rings (SSSR count). The first-order chi connectivity index (χ1) is 8.58. The molecule has 1 aromatic carbocycles. The van der Waals surface area contributed by atoms with Crippen molar-refractivity contribution in [2.75, 3.05) is 6.61 Å². The Bertz CT molecular complexity index is 465. The van der Waals surface area contributed by atoms with Crippen LogP contribution in [0.2, 0.25) is 0 Å². The van der Waals surface area contributed by atoms with E-state index in [9.17, 15) is 12.9 Å². The fourth-order valence-corrected chi connectivity index (χ4v) is 2.16. The number of amides is 1. The SMILES string of the molecule is CC.NC(=O)CC1COc2ccc(S(=O)F)cc21. The standard InChI is InChI=1S/C10H10FNO3S.C2H6/c11-16(14)7-1-2-9-8(4-7)6(5-15-9)3-10(12)13;1-2/h1-2,4,6H,3,5H2,(H2,12,13);1-2H3. The lowest BCUT2D eigenvalue weighted by Crippen LogP contribution is -2.16. The molecule has 1 heterocycles. The van der Waals surface area contributed by atoms with E-state index in [-0.39, 0.29) is 17.2 Å². The molecular weight excluding hydrogens is 257 g/mol. The number of primary amides is 1. The molecule has 6 heteroatoms. The van der Waals surface area contributed by atoms with Crippen LogP contribution >= 0.6 is 0 Å². The van der Waals surface area contributed by atoms with Gasteiger partial charge in [0.25, 0.3) is 0 Å². The van der Waals surface area contributed by atoms with Crippen LogP contribution < -0.4 is 10.5 Å². The molecule has 100 valence electrons. The van der Waals surface area contributed by atoms with Gasteiger partial charge in [0.2, 0.25) is 17.1 Å². The van der Waals surface area contributed by atoms with Gasteiger partial charge in [-0.3, -0.25) is 4.79 Å². The summed E-state index contributed by atoms with van der Waals surface area (Å²) in [7, 11) is 0. The van der Waals surface area contributed by atoms with E-state index in [1.54, 1.807) is 6.07 Å². The normalized spacial score (nSPS) is 18.1. The summed E-state index contributed by atoms with van der Waals surface area (Å²) in [5, 5.41) is 0. The van der Waals surface area contributed by atoms with E-state index in [0.717, 1.165) is 0 Å². The predicted molar refractivity (Wildman–Crippen MR) is 67.4 cm³/mol. The van der Waals surface area contributed by atoms with Gasteiger partial charge < -0.3 is 10.5 Å². The van der Waals surface area contributed by atoms with Crippen LogP contribution in [0.25, 0.3) is 0 Å². The van der Waals surface area contributed by atoms with Crippen LogP contribution in [0.5, 0.6) is 5.75 Å². The van der Waals surface area contributed by atoms with Crippen molar-refractivity contribution in [3.05, 3.63) is 23.8 Å². The number of hydrogen-bond donors (Lipinski definition) is 1. The predicted octanol–water partition coefficient (Wildman–Crippen LogP) is 2.06. The number of halogens is 1. The van der Waals surface area contributed by atoms with Crippen molar-refractivity contribution < 1.29 is 17.6 Å². The summed E-state index contributed by atoms with van der Waals surface area (Å²) in [5.74, 6) is -0.00956. The molecule has 0 aliphatic carbocycles. The maximum atomic E-state index is 12.6. The van der Waals surface area contributed by atoms with Crippen molar-refractivity contribution in [2.24, 2.45) is 5.73 Å². The van der Waals surface area contributed by atoms with E-state index in [1.165, 1.54) is 12.1 Å². The van der Waals surface area contributed by atoms with Gasteiger partial charge in [-0.25, -0.2) is 4.21 Å². The molecule has 0 radical (unpaired) electrons. The highest BCUT2D eigenvalue weighted by Crippen LogP contribution is 2.36. The third-order valence-corrected chi connectivity index (χ3v) is 3.12. The molecule has 2 N–H and O–H groups in total. The molecule has 0 saturated carbocycles. The monoisotopic (exact) mass is 273 g/mol. The van der Waals surface area contributed by atoms with Crippen molar-refractivity contribution in [3.8, 4) is 5.75 Å². The van der Waals surface area contributed by atoms with Crippen molar-refractivity contribution >= 4 is 17.1 Å². The van der Waals surface area contributed by atoms with Gasteiger partial charge >= 0.3 is 0 Å². The van der Waals surface area contributed by atoms with Gasteiger partial charge in [-0.1, -0.05) is 13.8 Å². The van der Waals surface area contributed by atoms with Gasteiger partial charge in [0.05, 0.1) is 11.5 Å². The van der Waals surface area contributed by atoms with Crippen LogP contribution in [0, 0.1) is 0 Å². The highest BCUT2D eigenvalue weighted by molar-refractivity contribution is 7.79. The minimum atomic E-state index is -2.52. The number of nitrogens with two attached hydrogens (primary N) is 1. The second kappa shape index (κ2) is 6.49. The Kier molecular flexibility index (Phi) is 5.27. The van der Waals surface area contributed by atoms with Crippen molar-refractivity contribution in [1.82, 2.24) is 0 Å². The van der Waals surface area contributed by atoms with E-state index in [2.05, 4.69) is 0 Å². The van der Waals surface area contributed by atoms with Crippen LogP contribution in [0.15, 0.2) is 23.1 Å². The lowest BCUT2D eigenvalue weighted by atomic mass is 9.98. The maximum Gasteiger partial charge on any atom is 0.231 e. The Labute approximate surface area is 108 Å². The number of carbonyl (C=O) groups is 1. The molecule has 0 spiro atoms. The number of hydrogen-bond acceptors (Lipinski definition) is 3. The summed E-state index contributed by atoms with van der Waals surface area (Å²) in [4.78, 5) is 10.9. The Morgan fingerprint density at radius 2 is 2.22 bits per heavy atom. The molecule has 1 aliphatic heterocycles. The van der Waals surface area contributed by atoms with Crippen molar-refractivity contribution in [3.63, 3.8) is 0 Å². The third kappa shape index (κ3) is 3.29. The molecule has 1 amide bonds. The Balaban J connectivity index is 0.000000771. The van der Waals surface area contributed by atoms with Crippen LogP contribution in [-0.4, -0.2) is 16.7 Å². The number of carbonyl (C=O) groups excluding carboxylic acids is 1. The summed E-state index contributed by atoms with van der Waals surface area (Å²) >= 11 is -2.52. The number of benzene rings is 1. The quantitative estimate of drug-likeness (QED) is 0.857. The first kappa shape index (κ1) is 14.6. The number of ether oxygens (including phenoxy) is 1. The van der Waals surface area contributed by atoms with Gasteiger partial charge in [-0.15, -0.1) is 3.89 Å². The molecule has 18 heavy (non-hydrogen) atoms. The fraction of sp³-hybridized carbons (Fsp3) is 0.417. The third-order valence-electron chi connectivity index (χ3n) is 2.49. The average molecular weight is 273 g/mol. The van der Waals surface area contributed by atoms with Gasteiger partial charge in [-0.2, -0.15) is 0 Å². The summed E-state index contributed by atoms with van der Waals surface area (Å²) in [6.07, 6.45) is 0.148. The van der Waals surface area contributed by atoms with Crippen LogP contribution in [0.3, 0.4) is 0 Å². The number of rotatable bonds is 3. The minimum Gasteiger partial charge on any atom is -0.493 e. The van der Waals surface area contributed by atoms with E-state index in [0.29, 0.717) is 17.9 Å². The van der Waals surface area contributed by atoms with Gasteiger partial charge in [0.1, 0.15) is 5.75 Å². The molecule has 1 aromatic rings. The topological polar surface area (TPSA) is 69.4 Å². The van der Waals surface area contributed by atoms with Crippen LogP contribution in [-0.2, 0) is 16.0 Å². The zero-order valence-corrected chi connectivity index (χ0v) is 11.1. The first-order valence-corrected chi connectivity index (χ1v) is 6.76. The maximum absolute atomic E-state index is 12.6. The second-order valence-corrected chi connectivity index (χ2v) is 4.52. The first-order valence-electron chi connectivity index (χ1n) is 5.71. The number of fused-ring (bicyclic) bond motifs is 1. The zero-order chi connectivity index (χ0) is 13.7. The molecule has 1 aliphatic rings. The van der Waals surface area contributed by atoms with Crippen LogP contribution in [0.1, 0.15) is 31.7 Å². The van der Waals surface area contributed by atoms with E-state index in [1.807, 2.05) is 13.8 Å². The lowest BCUT2D eigenvalue weighted by Gasteiger charge is -2.05. The van der Waals surface area contributed by atoms with Gasteiger partial charge in [-0.05, 0) is 18.2 Å². The highest BCUT2D eigenvalue weighted by atomic mass is 32.2. The summed E-state index contributed by atoms with van der Waals surface area (Å²) in [6, 6.07) is 4.43. The molecule has 0 aromatic heterocycles. The van der Waals surface area contributed by atoms with E-state index in [4.69, 9.17) is 10.5 Å². The van der Waals surface area contributed by atoms with Gasteiger partial charge in [0, 0.05) is 17.9 Å². The smallest absolute Gasteiger partial charge is 0.231 e. The zero-order valence-electron chi connectivity index (χ0n) is 10.3. The summed E-state index contributed by atoms with van der Waals surface area (Å²) in [6.45, 7) is 4.35. The Morgan fingerprint density at radius 1 is 1.56 bits per heavy atom. The average Bonchev–Trinajstić information content (AvgIpc) is 2.73. The molecule has 0 bridgehead atoms. The van der Waals surface area contributed by atoms with Crippen molar-refractivity contribution in [1.29, 1.82) is 0 Å². The van der Waals surface area contributed by atoms with E-state index >= 15 is 0 Å².